The fourth-order valence-electron chi connectivity index (χ4n) is 3.39. The zero-order valence-electron chi connectivity index (χ0n) is 18.2. The molecule has 0 aliphatic rings. The van der Waals surface area contributed by atoms with Gasteiger partial charge in [0, 0.05) is 47.1 Å². The number of benzene rings is 2. The summed E-state index contributed by atoms with van der Waals surface area (Å²) in [6.45, 7) is 2.04. The van der Waals surface area contributed by atoms with Crippen LogP contribution in [-0.2, 0) is 7.05 Å². The summed E-state index contributed by atoms with van der Waals surface area (Å²) in [7, 11) is 1.96. The Hall–Kier alpha value is -3.76. The number of imidazole rings is 1. The molecule has 170 valence electrons. The first-order valence-corrected chi connectivity index (χ1v) is 12.0. The van der Waals surface area contributed by atoms with E-state index in [1.807, 2.05) is 48.9 Å². The van der Waals surface area contributed by atoms with Gasteiger partial charge < -0.3 is 14.6 Å². The lowest BCUT2D eigenvalue weighted by Gasteiger charge is -2.08. The van der Waals surface area contributed by atoms with Crippen LogP contribution in [0.2, 0.25) is 0 Å². The van der Waals surface area contributed by atoms with E-state index in [0.29, 0.717) is 16.6 Å². The maximum atomic E-state index is 12.4. The molecule has 5 rings (SSSR count). The molecule has 5 aromatic rings. The van der Waals surface area contributed by atoms with E-state index in [4.69, 9.17) is 9.72 Å². The van der Waals surface area contributed by atoms with Crippen molar-refractivity contribution in [3.63, 3.8) is 0 Å². The molecule has 0 unspecified atom stereocenters. The third kappa shape index (κ3) is 4.63. The van der Waals surface area contributed by atoms with E-state index >= 15 is 0 Å². The number of hydrogen-bond acceptors (Lipinski definition) is 7. The number of thiazole rings is 1. The molecule has 3 heterocycles. The number of nitrogens with one attached hydrogen (secondary N) is 2. The lowest BCUT2D eigenvalue weighted by atomic mass is 10.2. The van der Waals surface area contributed by atoms with Crippen molar-refractivity contribution in [1.82, 2.24) is 19.5 Å². The molecule has 0 bridgehead atoms. The van der Waals surface area contributed by atoms with Crippen molar-refractivity contribution < 1.29 is 9.53 Å². The molecular formula is C24H19BrN6O2S. The van der Waals surface area contributed by atoms with Crippen LogP contribution < -0.4 is 15.4 Å². The maximum absolute atomic E-state index is 12.4. The van der Waals surface area contributed by atoms with Gasteiger partial charge in [-0.25, -0.2) is 9.97 Å². The minimum Gasteiger partial charge on any atom is -0.457 e. The molecule has 0 aliphatic carbocycles. The van der Waals surface area contributed by atoms with E-state index in [0.717, 1.165) is 32.7 Å². The molecule has 10 heteroatoms. The zero-order chi connectivity index (χ0) is 23.7. The summed E-state index contributed by atoms with van der Waals surface area (Å²) >= 11 is 4.87. The van der Waals surface area contributed by atoms with E-state index in [1.165, 1.54) is 17.5 Å². The number of rotatable bonds is 6. The smallest absolute Gasteiger partial charge is 0.276 e. The van der Waals surface area contributed by atoms with Crippen LogP contribution >= 0.6 is 27.3 Å². The first kappa shape index (κ1) is 22.1. The second-order valence-electron chi connectivity index (χ2n) is 7.50. The van der Waals surface area contributed by atoms with Crippen molar-refractivity contribution in [1.29, 1.82) is 0 Å². The minimum atomic E-state index is -0.348. The van der Waals surface area contributed by atoms with Crippen molar-refractivity contribution in [2.24, 2.45) is 7.05 Å². The molecule has 0 atom stereocenters. The normalized spacial score (nSPS) is 10.9. The Bertz CT molecular complexity index is 1500. The van der Waals surface area contributed by atoms with Crippen molar-refractivity contribution in [3.05, 3.63) is 82.0 Å². The Morgan fingerprint density at radius 1 is 1.06 bits per heavy atom. The molecule has 0 aliphatic heterocycles. The molecular weight excluding hydrogens is 516 g/mol. The fourth-order valence-corrected chi connectivity index (χ4v) is 4.16. The Balaban J connectivity index is 1.35. The Kier molecular flexibility index (Phi) is 5.99. The van der Waals surface area contributed by atoms with E-state index in [9.17, 15) is 4.79 Å². The van der Waals surface area contributed by atoms with Gasteiger partial charge in [-0.2, -0.15) is 0 Å². The van der Waals surface area contributed by atoms with Gasteiger partial charge in [-0.3, -0.25) is 15.1 Å². The molecule has 0 fully saturated rings. The quantitative estimate of drug-likeness (QED) is 0.266. The van der Waals surface area contributed by atoms with Crippen molar-refractivity contribution in [2.45, 2.75) is 6.92 Å². The summed E-state index contributed by atoms with van der Waals surface area (Å²) in [5.41, 5.74) is 4.07. The van der Waals surface area contributed by atoms with Crippen molar-refractivity contribution >= 4 is 61.0 Å². The van der Waals surface area contributed by atoms with Gasteiger partial charge in [-0.1, -0.05) is 15.9 Å². The highest BCUT2D eigenvalue weighted by Gasteiger charge is 2.13. The molecule has 3 aromatic heterocycles. The topological polar surface area (TPSA) is 94.0 Å². The number of carbonyl (C=O) groups is 1. The van der Waals surface area contributed by atoms with Crippen LogP contribution in [0.1, 0.15) is 16.1 Å². The van der Waals surface area contributed by atoms with E-state index in [-0.39, 0.29) is 11.6 Å². The molecule has 0 radical (unpaired) electrons. The fraction of sp³-hybridized carbons (Fsp3) is 0.0833. The van der Waals surface area contributed by atoms with E-state index < -0.39 is 0 Å². The minimum absolute atomic E-state index is 0.239. The highest BCUT2D eigenvalue weighted by atomic mass is 79.9. The average molecular weight is 535 g/mol. The van der Waals surface area contributed by atoms with Crippen molar-refractivity contribution in [2.75, 3.05) is 10.6 Å². The first-order valence-electron chi connectivity index (χ1n) is 10.3. The number of carbonyl (C=O) groups excluding carboxylic acids is 1. The number of ether oxygens (including phenoxy) is 1. The number of halogens is 1. The summed E-state index contributed by atoms with van der Waals surface area (Å²) in [6.07, 6.45) is 3.16. The molecule has 0 spiro atoms. The lowest BCUT2D eigenvalue weighted by Crippen LogP contribution is -2.13. The molecule has 34 heavy (non-hydrogen) atoms. The Labute approximate surface area is 207 Å². The lowest BCUT2D eigenvalue weighted by molar-refractivity contribution is 0.102. The third-order valence-corrected chi connectivity index (χ3v) is 6.70. The average Bonchev–Trinajstić information content (AvgIpc) is 3.44. The third-order valence-electron chi connectivity index (χ3n) is 5.12. The highest BCUT2D eigenvalue weighted by molar-refractivity contribution is 9.10. The summed E-state index contributed by atoms with van der Waals surface area (Å²) in [6, 6.07) is 15.0. The SMILES string of the molecule is Cc1cc(Nc2nc3cc(Oc4ccnc(C(=O)Nc5nccs5)c4)ccc3n2C)ccc1Br. The molecule has 0 saturated carbocycles. The summed E-state index contributed by atoms with van der Waals surface area (Å²) in [4.78, 5) is 25.4. The van der Waals surface area contributed by atoms with Gasteiger partial charge in [0.25, 0.3) is 5.91 Å². The van der Waals surface area contributed by atoms with Gasteiger partial charge in [0.2, 0.25) is 5.95 Å². The van der Waals surface area contributed by atoms with Gasteiger partial charge in [0.15, 0.2) is 5.13 Å². The maximum Gasteiger partial charge on any atom is 0.276 e. The number of hydrogen-bond donors (Lipinski definition) is 2. The largest absolute Gasteiger partial charge is 0.457 e. The number of amides is 1. The molecule has 2 aromatic carbocycles. The molecule has 0 saturated heterocycles. The van der Waals surface area contributed by atoms with Gasteiger partial charge >= 0.3 is 0 Å². The number of anilines is 3. The van der Waals surface area contributed by atoms with Crippen molar-refractivity contribution in [3.8, 4) is 11.5 Å². The second kappa shape index (κ2) is 9.24. The molecule has 1 amide bonds. The number of nitrogens with zero attached hydrogens (tertiary/aromatic N) is 4. The van der Waals surface area contributed by atoms with Crippen LogP contribution in [0.4, 0.5) is 16.8 Å². The zero-order valence-corrected chi connectivity index (χ0v) is 20.6. The van der Waals surface area contributed by atoms with Crippen LogP contribution in [-0.4, -0.2) is 25.4 Å². The van der Waals surface area contributed by atoms with Crippen LogP contribution in [0.5, 0.6) is 11.5 Å². The van der Waals surface area contributed by atoms with Gasteiger partial charge in [0.1, 0.15) is 17.2 Å². The van der Waals surface area contributed by atoms with E-state index in [2.05, 4.69) is 42.6 Å². The summed E-state index contributed by atoms with van der Waals surface area (Å²) in [5.74, 6) is 1.48. The molecule has 2 N–H and O–H groups in total. The first-order chi connectivity index (χ1) is 16.5. The predicted octanol–water partition coefficient (Wildman–Crippen LogP) is 6.28. The van der Waals surface area contributed by atoms with Crippen LogP contribution in [0.25, 0.3) is 11.0 Å². The number of fused-ring (bicyclic) bond motifs is 1. The number of aryl methyl sites for hydroxylation is 2. The summed E-state index contributed by atoms with van der Waals surface area (Å²) in [5, 5.41) is 8.39. The Morgan fingerprint density at radius 3 is 2.71 bits per heavy atom. The standard InChI is InChI=1S/C24H19BrN6O2S/c1-14-11-15(3-5-18(14)25)28-23-29-19-12-16(4-6-21(19)31(23)2)33-17-7-8-26-20(13-17)22(32)30-24-27-9-10-34-24/h3-13H,1-2H3,(H,28,29)(H,27,30,32). The number of pyridine rings is 1. The predicted molar refractivity (Wildman–Crippen MR) is 137 cm³/mol. The molecule has 8 nitrogen and oxygen atoms in total. The monoisotopic (exact) mass is 534 g/mol. The highest BCUT2D eigenvalue weighted by Crippen LogP contribution is 2.29. The number of aromatic nitrogens is 4. The van der Waals surface area contributed by atoms with Crippen LogP contribution in [0.15, 0.2) is 70.8 Å². The second-order valence-corrected chi connectivity index (χ2v) is 9.25. The van der Waals surface area contributed by atoms with E-state index in [1.54, 1.807) is 23.7 Å². The Morgan fingerprint density at radius 2 is 1.91 bits per heavy atom. The van der Waals surface area contributed by atoms with Gasteiger partial charge in [-0.15, -0.1) is 11.3 Å². The summed E-state index contributed by atoms with van der Waals surface area (Å²) < 4.78 is 9.05. The van der Waals surface area contributed by atoms with Gasteiger partial charge in [0.05, 0.1) is 11.0 Å². The van der Waals surface area contributed by atoms with Crippen LogP contribution in [0, 0.1) is 6.92 Å². The van der Waals surface area contributed by atoms with Gasteiger partial charge in [-0.05, 0) is 48.9 Å². The van der Waals surface area contributed by atoms with Crippen LogP contribution in [0.3, 0.4) is 0 Å².